The Morgan fingerprint density at radius 3 is 2.78 bits per heavy atom. The SMILES string of the molecule is CCn1nc(C)c(N)c1Oc1cc(Cl)ccc1Cl. The van der Waals surface area contributed by atoms with Crippen LogP contribution >= 0.6 is 23.2 Å². The van der Waals surface area contributed by atoms with Gasteiger partial charge in [0, 0.05) is 17.6 Å². The number of anilines is 1. The number of ether oxygens (including phenoxy) is 1. The van der Waals surface area contributed by atoms with Crippen molar-refractivity contribution in [3.05, 3.63) is 33.9 Å². The van der Waals surface area contributed by atoms with Crippen LogP contribution in [0.3, 0.4) is 0 Å². The molecule has 0 aliphatic carbocycles. The molecule has 96 valence electrons. The third-order valence-corrected chi connectivity index (χ3v) is 3.07. The number of hydrogen-bond acceptors (Lipinski definition) is 3. The second-order valence-corrected chi connectivity index (χ2v) is 4.64. The van der Waals surface area contributed by atoms with Crippen molar-refractivity contribution < 1.29 is 4.74 Å². The molecule has 2 aromatic rings. The lowest BCUT2D eigenvalue weighted by Crippen LogP contribution is -2.01. The lowest BCUT2D eigenvalue weighted by Gasteiger charge is -2.09. The van der Waals surface area contributed by atoms with Gasteiger partial charge < -0.3 is 10.5 Å². The largest absolute Gasteiger partial charge is 0.436 e. The zero-order chi connectivity index (χ0) is 13.3. The summed E-state index contributed by atoms with van der Waals surface area (Å²) in [4.78, 5) is 0. The maximum atomic E-state index is 6.05. The summed E-state index contributed by atoms with van der Waals surface area (Å²) in [5.41, 5.74) is 7.16. The number of hydrogen-bond donors (Lipinski definition) is 1. The predicted molar refractivity (Wildman–Crippen MR) is 73.6 cm³/mol. The molecule has 0 aliphatic rings. The molecule has 0 atom stereocenters. The summed E-state index contributed by atoms with van der Waals surface area (Å²) >= 11 is 12.0. The number of aromatic nitrogens is 2. The molecule has 0 aliphatic heterocycles. The molecule has 0 bridgehead atoms. The minimum atomic E-state index is 0.463. The molecule has 0 amide bonds. The minimum Gasteiger partial charge on any atom is -0.436 e. The fraction of sp³-hybridized carbons (Fsp3) is 0.250. The van der Waals surface area contributed by atoms with Crippen molar-refractivity contribution in [2.75, 3.05) is 5.73 Å². The van der Waals surface area contributed by atoms with Crippen LogP contribution in [0.25, 0.3) is 0 Å². The van der Waals surface area contributed by atoms with Crippen LogP contribution in [0.1, 0.15) is 12.6 Å². The quantitative estimate of drug-likeness (QED) is 0.931. The van der Waals surface area contributed by atoms with Crippen molar-refractivity contribution in [2.24, 2.45) is 0 Å². The number of nitrogen functional groups attached to an aromatic ring is 1. The van der Waals surface area contributed by atoms with Crippen molar-refractivity contribution in [1.82, 2.24) is 9.78 Å². The third kappa shape index (κ3) is 2.40. The lowest BCUT2D eigenvalue weighted by atomic mass is 10.3. The first-order chi connectivity index (χ1) is 8.52. The summed E-state index contributed by atoms with van der Waals surface area (Å²) in [6, 6.07) is 5.02. The Labute approximate surface area is 115 Å². The van der Waals surface area contributed by atoms with Crippen molar-refractivity contribution in [3.63, 3.8) is 0 Å². The molecular weight excluding hydrogens is 273 g/mol. The first-order valence-corrected chi connectivity index (χ1v) is 6.24. The van der Waals surface area contributed by atoms with E-state index in [0.29, 0.717) is 33.9 Å². The van der Waals surface area contributed by atoms with Gasteiger partial charge in [0.2, 0.25) is 5.88 Å². The van der Waals surface area contributed by atoms with Crippen LogP contribution in [0, 0.1) is 6.92 Å². The average Bonchev–Trinajstić information content (AvgIpc) is 2.61. The van der Waals surface area contributed by atoms with E-state index in [4.69, 9.17) is 33.7 Å². The van der Waals surface area contributed by atoms with Crippen LogP contribution in [-0.4, -0.2) is 9.78 Å². The van der Waals surface area contributed by atoms with Gasteiger partial charge in [0.25, 0.3) is 0 Å². The van der Waals surface area contributed by atoms with Gasteiger partial charge in [-0.2, -0.15) is 5.10 Å². The molecule has 1 heterocycles. The van der Waals surface area contributed by atoms with Gasteiger partial charge in [-0.1, -0.05) is 23.2 Å². The van der Waals surface area contributed by atoms with E-state index in [1.165, 1.54) is 0 Å². The number of nitrogens with two attached hydrogens (primary N) is 1. The van der Waals surface area contributed by atoms with Crippen LogP contribution in [0.2, 0.25) is 10.0 Å². The molecule has 0 unspecified atom stereocenters. The summed E-state index contributed by atoms with van der Waals surface area (Å²) in [6.45, 7) is 4.44. The highest BCUT2D eigenvalue weighted by Crippen LogP contribution is 2.35. The van der Waals surface area contributed by atoms with Crippen LogP contribution in [0.4, 0.5) is 5.69 Å². The normalized spacial score (nSPS) is 10.7. The maximum Gasteiger partial charge on any atom is 0.241 e. The van der Waals surface area contributed by atoms with E-state index < -0.39 is 0 Å². The van der Waals surface area contributed by atoms with E-state index in [9.17, 15) is 0 Å². The molecule has 0 saturated carbocycles. The molecule has 2 N–H and O–H groups in total. The van der Waals surface area contributed by atoms with Gasteiger partial charge in [-0.15, -0.1) is 0 Å². The van der Waals surface area contributed by atoms with Gasteiger partial charge in [0.1, 0.15) is 11.4 Å². The number of benzene rings is 1. The van der Waals surface area contributed by atoms with Gasteiger partial charge in [-0.3, -0.25) is 0 Å². The molecule has 6 heteroatoms. The van der Waals surface area contributed by atoms with Gasteiger partial charge in [0.15, 0.2) is 0 Å². The molecule has 0 radical (unpaired) electrons. The second kappa shape index (κ2) is 5.08. The fourth-order valence-corrected chi connectivity index (χ4v) is 1.87. The molecule has 2 rings (SSSR count). The van der Waals surface area contributed by atoms with Crippen LogP contribution < -0.4 is 10.5 Å². The molecule has 1 aromatic heterocycles. The van der Waals surface area contributed by atoms with Crippen molar-refractivity contribution in [3.8, 4) is 11.6 Å². The standard InChI is InChI=1S/C12H13Cl2N3O/c1-3-17-12(11(15)7(2)16-17)18-10-6-8(13)4-5-9(10)14/h4-6H,3,15H2,1-2H3. The Bertz CT molecular complexity index is 581. The Kier molecular flexibility index (Phi) is 3.68. The third-order valence-electron chi connectivity index (χ3n) is 2.52. The predicted octanol–water partition coefficient (Wildman–Crippen LogP) is 3.89. The fourth-order valence-electron chi connectivity index (χ4n) is 1.56. The van der Waals surface area contributed by atoms with Crippen LogP contribution in [0.15, 0.2) is 18.2 Å². The molecule has 4 nitrogen and oxygen atoms in total. The van der Waals surface area contributed by atoms with E-state index in [1.54, 1.807) is 22.9 Å². The summed E-state index contributed by atoms with van der Waals surface area (Å²) in [5.74, 6) is 0.949. The Balaban J connectivity index is 2.42. The first kappa shape index (κ1) is 13.1. The Morgan fingerprint density at radius 2 is 2.11 bits per heavy atom. The molecule has 0 fully saturated rings. The highest BCUT2D eigenvalue weighted by molar-refractivity contribution is 6.34. The summed E-state index contributed by atoms with van der Waals surface area (Å²) in [7, 11) is 0. The van der Waals surface area contributed by atoms with E-state index in [-0.39, 0.29) is 0 Å². The highest BCUT2D eigenvalue weighted by Gasteiger charge is 2.15. The summed E-state index contributed by atoms with van der Waals surface area (Å²) in [6.07, 6.45) is 0. The van der Waals surface area contributed by atoms with Crippen LogP contribution in [-0.2, 0) is 6.54 Å². The topological polar surface area (TPSA) is 53.1 Å². The lowest BCUT2D eigenvalue weighted by molar-refractivity contribution is 0.418. The van der Waals surface area contributed by atoms with E-state index in [2.05, 4.69) is 5.10 Å². The zero-order valence-electron chi connectivity index (χ0n) is 10.1. The van der Waals surface area contributed by atoms with Crippen molar-refractivity contribution in [2.45, 2.75) is 20.4 Å². The van der Waals surface area contributed by atoms with Gasteiger partial charge in [-0.25, -0.2) is 4.68 Å². The molecule has 18 heavy (non-hydrogen) atoms. The van der Waals surface area contributed by atoms with E-state index in [1.807, 2.05) is 13.8 Å². The zero-order valence-corrected chi connectivity index (χ0v) is 11.6. The molecule has 0 spiro atoms. The Morgan fingerprint density at radius 1 is 1.39 bits per heavy atom. The number of rotatable bonds is 3. The molecule has 0 saturated heterocycles. The molecule has 1 aromatic carbocycles. The smallest absolute Gasteiger partial charge is 0.241 e. The second-order valence-electron chi connectivity index (χ2n) is 3.80. The maximum absolute atomic E-state index is 6.05. The summed E-state index contributed by atoms with van der Waals surface area (Å²) < 4.78 is 7.41. The van der Waals surface area contributed by atoms with Gasteiger partial charge in [-0.05, 0) is 26.0 Å². The van der Waals surface area contributed by atoms with Crippen molar-refractivity contribution in [1.29, 1.82) is 0 Å². The van der Waals surface area contributed by atoms with Crippen LogP contribution in [0.5, 0.6) is 11.6 Å². The van der Waals surface area contributed by atoms with Crippen molar-refractivity contribution >= 4 is 28.9 Å². The van der Waals surface area contributed by atoms with E-state index >= 15 is 0 Å². The Hall–Kier alpha value is -1.39. The van der Waals surface area contributed by atoms with Gasteiger partial charge in [0.05, 0.1) is 10.7 Å². The average molecular weight is 286 g/mol. The molecular formula is C12H13Cl2N3O. The first-order valence-electron chi connectivity index (χ1n) is 5.48. The number of nitrogens with zero attached hydrogens (tertiary/aromatic N) is 2. The summed E-state index contributed by atoms with van der Waals surface area (Å²) in [5, 5.41) is 5.29. The monoisotopic (exact) mass is 285 g/mol. The highest BCUT2D eigenvalue weighted by atomic mass is 35.5. The minimum absolute atomic E-state index is 0.463. The van der Waals surface area contributed by atoms with Gasteiger partial charge >= 0.3 is 0 Å². The number of aryl methyl sites for hydroxylation is 2. The van der Waals surface area contributed by atoms with E-state index in [0.717, 1.165) is 5.69 Å². The number of halogens is 2.